The van der Waals surface area contributed by atoms with Gasteiger partial charge in [0.05, 0.1) is 5.97 Å². The van der Waals surface area contributed by atoms with Gasteiger partial charge < -0.3 is 34.3 Å². The smallest absolute Gasteiger partial charge is 0.270 e. The van der Waals surface area contributed by atoms with Gasteiger partial charge in [-0.15, -0.1) is 0 Å². The number of aliphatic carboxylic acids is 1. The average Bonchev–Trinajstić information content (AvgIpc) is 2.46. The molecule has 0 amide bonds. The van der Waals surface area contributed by atoms with Gasteiger partial charge in [0, 0.05) is 0 Å². The summed E-state index contributed by atoms with van der Waals surface area (Å²) < 4.78 is 24.0. The molecule has 92 valence electrons. The quantitative estimate of drug-likeness (QED) is 0.447. The monoisotopic (exact) mass is 254 g/mol. The number of fused-ring (bicyclic) bond motifs is 1. The zero-order valence-electron chi connectivity index (χ0n) is 7.59. The van der Waals surface area contributed by atoms with E-state index in [0.717, 1.165) is 0 Å². The van der Waals surface area contributed by atoms with E-state index in [9.17, 15) is 29.6 Å². The molecular formula is C6H7O9P-2. The van der Waals surface area contributed by atoms with Gasteiger partial charge in [-0.2, -0.15) is 0 Å². The van der Waals surface area contributed by atoms with Gasteiger partial charge in [-0.25, -0.2) is 0 Å². The predicted octanol–water partition coefficient (Wildman–Crippen LogP) is -3.93. The van der Waals surface area contributed by atoms with Gasteiger partial charge in [-0.1, -0.05) is 0 Å². The van der Waals surface area contributed by atoms with Crippen molar-refractivity contribution in [3.8, 4) is 0 Å². The maximum Gasteiger partial charge on any atom is 0.270 e. The fourth-order valence-electron chi connectivity index (χ4n) is 1.53. The summed E-state index contributed by atoms with van der Waals surface area (Å²) in [4.78, 5) is 21.4. The van der Waals surface area contributed by atoms with Crippen molar-refractivity contribution in [3.05, 3.63) is 0 Å². The molecule has 0 aromatic rings. The maximum absolute atomic E-state index is 10.9. The first-order chi connectivity index (χ1) is 7.32. The second kappa shape index (κ2) is 3.74. The standard InChI is InChI=1S/C6H9O9P/c7-1-2(8)4-6(13-3(1)5(9)10)15-16(11,12)14-4/h1-4,6-8H,(H,9,10)(H,11,12)/p-2/t1-,2+,3+,4-,6?/m1/s1. The van der Waals surface area contributed by atoms with Crippen LogP contribution in [0.15, 0.2) is 0 Å². The zero-order valence-corrected chi connectivity index (χ0v) is 8.48. The fourth-order valence-corrected chi connectivity index (χ4v) is 2.53. The summed E-state index contributed by atoms with van der Waals surface area (Å²) in [5.74, 6) is -1.79. The van der Waals surface area contributed by atoms with Crippen molar-refractivity contribution in [1.82, 2.24) is 0 Å². The van der Waals surface area contributed by atoms with Crippen molar-refractivity contribution in [2.45, 2.75) is 30.7 Å². The minimum absolute atomic E-state index is 1.48. The number of aliphatic hydroxyl groups is 2. The van der Waals surface area contributed by atoms with Gasteiger partial charge in [-0.3, -0.25) is 9.09 Å². The highest BCUT2D eigenvalue weighted by Gasteiger charge is 2.52. The Morgan fingerprint density at radius 1 is 1.25 bits per heavy atom. The number of hydrogen-bond acceptors (Lipinski definition) is 9. The van der Waals surface area contributed by atoms with Crippen LogP contribution in [0.4, 0.5) is 0 Å². The molecule has 2 fully saturated rings. The minimum Gasteiger partial charge on any atom is -0.756 e. The van der Waals surface area contributed by atoms with Crippen LogP contribution in [0.25, 0.3) is 0 Å². The fraction of sp³-hybridized carbons (Fsp3) is 0.833. The molecule has 6 atom stereocenters. The minimum atomic E-state index is -4.63. The van der Waals surface area contributed by atoms with Crippen molar-refractivity contribution >= 4 is 13.8 Å². The highest BCUT2D eigenvalue weighted by Crippen LogP contribution is 2.51. The Morgan fingerprint density at radius 3 is 2.44 bits per heavy atom. The third-order valence-electron chi connectivity index (χ3n) is 2.26. The normalized spacial score (nSPS) is 52.3. The van der Waals surface area contributed by atoms with Crippen LogP contribution in [0, 0.1) is 0 Å². The molecule has 0 bridgehead atoms. The molecule has 10 heteroatoms. The van der Waals surface area contributed by atoms with Gasteiger partial charge in [0.15, 0.2) is 6.29 Å². The lowest BCUT2D eigenvalue weighted by molar-refractivity contribution is -0.337. The van der Waals surface area contributed by atoms with E-state index in [0.29, 0.717) is 0 Å². The Morgan fingerprint density at radius 2 is 1.88 bits per heavy atom. The van der Waals surface area contributed by atoms with Gasteiger partial charge in [-0.05, 0) is 0 Å². The molecule has 16 heavy (non-hydrogen) atoms. The summed E-state index contributed by atoms with van der Waals surface area (Å²) >= 11 is 0. The number of carbonyl (C=O) groups excluding carboxylic acids is 1. The number of carbonyl (C=O) groups is 1. The molecule has 2 aliphatic rings. The number of hydrogen-bond donors (Lipinski definition) is 2. The van der Waals surface area contributed by atoms with Crippen LogP contribution in [-0.2, 0) is 23.1 Å². The Balaban J connectivity index is 2.22. The Bertz CT molecular complexity index is 356. The average molecular weight is 254 g/mol. The Labute approximate surface area is 88.8 Å². The van der Waals surface area contributed by atoms with Crippen LogP contribution in [0.2, 0.25) is 0 Å². The topological polar surface area (TPSA) is 148 Å². The third-order valence-corrected chi connectivity index (χ3v) is 3.23. The van der Waals surface area contributed by atoms with E-state index in [1.165, 1.54) is 0 Å². The van der Waals surface area contributed by atoms with Crippen molar-refractivity contribution in [2.75, 3.05) is 0 Å². The van der Waals surface area contributed by atoms with Crippen LogP contribution < -0.4 is 10.00 Å². The molecule has 0 spiro atoms. The summed E-state index contributed by atoms with van der Waals surface area (Å²) in [7, 11) is -4.63. The summed E-state index contributed by atoms with van der Waals surface area (Å²) in [6, 6.07) is 0. The first kappa shape index (κ1) is 11.9. The third kappa shape index (κ3) is 1.87. The van der Waals surface area contributed by atoms with Crippen molar-refractivity contribution in [1.29, 1.82) is 0 Å². The molecule has 0 radical (unpaired) electrons. The number of rotatable bonds is 1. The van der Waals surface area contributed by atoms with Crippen LogP contribution in [0.3, 0.4) is 0 Å². The summed E-state index contributed by atoms with van der Waals surface area (Å²) in [6.45, 7) is 0. The SMILES string of the molecule is O=C([O-])[C@H]1OC2OP(=O)([O-])O[C@@H]2[C@@H](O)[C@H]1O. The Hall–Kier alpha value is -0.540. The molecule has 2 N–H and O–H groups in total. The van der Waals surface area contributed by atoms with E-state index < -0.39 is 44.5 Å². The number of phosphoric acid groups is 1. The molecule has 0 aromatic carbocycles. The summed E-state index contributed by atoms with van der Waals surface area (Å²) in [6.07, 6.45) is -8.56. The van der Waals surface area contributed by atoms with E-state index in [-0.39, 0.29) is 0 Å². The molecule has 2 unspecified atom stereocenters. The lowest BCUT2D eigenvalue weighted by atomic mass is 9.99. The van der Waals surface area contributed by atoms with E-state index in [2.05, 4.69) is 13.8 Å². The van der Waals surface area contributed by atoms with Crippen LogP contribution >= 0.6 is 7.82 Å². The second-order valence-corrected chi connectivity index (χ2v) is 4.66. The molecule has 2 aliphatic heterocycles. The van der Waals surface area contributed by atoms with E-state index >= 15 is 0 Å². The van der Waals surface area contributed by atoms with Gasteiger partial charge in [0.1, 0.15) is 24.4 Å². The Kier molecular flexibility index (Phi) is 2.79. The molecule has 2 rings (SSSR count). The first-order valence-electron chi connectivity index (χ1n) is 4.22. The molecule has 2 heterocycles. The molecule has 0 aliphatic carbocycles. The second-order valence-electron chi connectivity index (χ2n) is 3.35. The van der Waals surface area contributed by atoms with Crippen molar-refractivity contribution in [3.63, 3.8) is 0 Å². The number of phosphoric ester groups is 1. The van der Waals surface area contributed by atoms with Gasteiger partial charge in [0.2, 0.25) is 0 Å². The summed E-state index contributed by atoms with van der Waals surface area (Å²) in [5.41, 5.74) is 0. The van der Waals surface area contributed by atoms with Crippen LogP contribution in [-0.4, -0.2) is 46.9 Å². The number of aliphatic hydroxyl groups excluding tert-OH is 2. The zero-order chi connectivity index (χ0) is 12.1. The van der Waals surface area contributed by atoms with Crippen molar-refractivity contribution in [2.24, 2.45) is 0 Å². The highest BCUT2D eigenvalue weighted by atomic mass is 31.2. The van der Waals surface area contributed by atoms with Gasteiger partial charge >= 0.3 is 0 Å². The number of carboxylic acid groups (broad SMARTS) is 1. The van der Waals surface area contributed by atoms with Gasteiger partial charge in [0.25, 0.3) is 7.82 Å². The summed E-state index contributed by atoms with van der Waals surface area (Å²) in [5, 5.41) is 29.2. The lowest BCUT2D eigenvalue weighted by Gasteiger charge is -2.37. The lowest BCUT2D eigenvalue weighted by Crippen LogP contribution is -2.61. The number of carboxylic acids is 1. The largest absolute Gasteiger partial charge is 0.756 e. The molecular weight excluding hydrogens is 247 g/mol. The molecule has 0 aromatic heterocycles. The van der Waals surface area contributed by atoms with Crippen LogP contribution in [0.5, 0.6) is 0 Å². The highest BCUT2D eigenvalue weighted by molar-refractivity contribution is 7.46. The van der Waals surface area contributed by atoms with E-state index in [1.54, 1.807) is 0 Å². The predicted molar refractivity (Wildman–Crippen MR) is 39.2 cm³/mol. The molecule has 2 saturated heterocycles. The maximum atomic E-state index is 10.9. The van der Waals surface area contributed by atoms with Crippen molar-refractivity contribution < 1.29 is 43.4 Å². The first-order valence-corrected chi connectivity index (χ1v) is 5.68. The van der Waals surface area contributed by atoms with E-state index in [1.807, 2.05) is 0 Å². The molecule has 9 nitrogen and oxygen atoms in total. The van der Waals surface area contributed by atoms with E-state index in [4.69, 9.17) is 0 Å². The molecule has 0 saturated carbocycles. The van der Waals surface area contributed by atoms with Crippen LogP contribution in [0.1, 0.15) is 0 Å². The number of ether oxygens (including phenoxy) is 1.